The third-order valence-corrected chi connectivity index (χ3v) is 4.95. The molecule has 0 saturated heterocycles. The van der Waals surface area contributed by atoms with Gasteiger partial charge in [0.15, 0.2) is 0 Å². The molecule has 31 heavy (non-hydrogen) atoms. The maximum atomic E-state index is 13.6. The molecule has 1 atom stereocenters. The summed E-state index contributed by atoms with van der Waals surface area (Å²) in [6, 6.07) is 17.1. The Bertz CT molecular complexity index is 1010. The number of pyridine rings is 1. The number of amides is 2. The molecule has 3 rings (SSSR count). The van der Waals surface area contributed by atoms with E-state index in [4.69, 9.17) is 0 Å². The zero-order valence-electron chi connectivity index (χ0n) is 17.1. The molecular formula is C24H23F2N3O2. The SMILES string of the molecule is CN(C(=O)c1cc(F)cc(F)c1)[C@H](CCNC(=O)c1ccccn1)Cc1ccccc1. The van der Waals surface area contributed by atoms with Crippen LogP contribution in [-0.2, 0) is 6.42 Å². The van der Waals surface area contributed by atoms with Gasteiger partial charge in [0.2, 0.25) is 0 Å². The third kappa shape index (κ3) is 6.18. The molecule has 0 aliphatic rings. The minimum Gasteiger partial charge on any atom is -0.351 e. The van der Waals surface area contributed by atoms with E-state index < -0.39 is 17.5 Å². The Labute approximate surface area is 179 Å². The Morgan fingerprint density at radius 2 is 1.68 bits per heavy atom. The average molecular weight is 423 g/mol. The van der Waals surface area contributed by atoms with Crippen LogP contribution in [0.1, 0.15) is 32.8 Å². The number of rotatable bonds is 8. The fourth-order valence-corrected chi connectivity index (χ4v) is 3.31. The van der Waals surface area contributed by atoms with Gasteiger partial charge in [-0.15, -0.1) is 0 Å². The second-order valence-electron chi connectivity index (χ2n) is 7.18. The van der Waals surface area contributed by atoms with Gasteiger partial charge >= 0.3 is 0 Å². The van der Waals surface area contributed by atoms with E-state index in [0.717, 1.165) is 23.8 Å². The van der Waals surface area contributed by atoms with E-state index in [1.165, 1.54) is 11.1 Å². The predicted octanol–water partition coefficient (Wildman–Crippen LogP) is 3.86. The van der Waals surface area contributed by atoms with E-state index in [2.05, 4.69) is 10.3 Å². The van der Waals surface area contributed by atoms with Crippen LogP contribution < -0.4 is 5.32 Å². The lowest BCUT2D eigenvalue weighted by molar-refractivity contribution is 0.0721. The molecule has 1 aromatic heterocycles. The van der Waals surface area contributed by atoms with Crippen molar-refractivity contribution in [2.45, 2.75) is 18.9 Å². The topological polar surface area (TPSA) is 62.3 Å². The highest BCUT2D eigenvalue weighted by Gasteiger charge is 2.23. The fraction of sp³-hybridized carbons (Fsp3) is 0.208. The lowest BCUT2D eigenvalue weighted by Crippen LogP contribution is -2.41. The maximum absolute atomic E-state index is 13.6. The van der Waals surface area contributed by atoms with Crippen LogP contribution in [0.4, 0.5) is 8.78 Å². The van der Waals surface area contributed by atoms with Crippen molar-refractivity contribution < 1.29 is 18.4 Å². The fourth-order valence-electron chi connectivity index (χ4n) is 3.31. The zero-order valence-corrected chi connectivity index (χ0v) is 17.1. The minimum atomic E-state index is -0.806. The molecule has 0 saturated carbocycles. The number of halogens is 2. The summed E-state index contributed by atoms with van der Waals surface area (Å²) in [6.45, 7) is 0.308. The number of hydrogen-bond acceptors (Lipinski definition) is 3. The first kappa shape index (κ1) is 22.1. The predicted molar refractivity (Wildman–Crippen MR) is 114 cm³/mol. The number of benzene rings is 2. The Morgan fingerprint density at radius 1 is 1.00 bits per heavy atom. The number of carbonyl (C=O) groups is 2. The molecule has 0 aliphatic heterocycles. The highest BCUT2D eigenvalue weighted by atomic mass is 19.1. The molecule has 160 valence electrons. The molecular weight excluding hydrogens is 400 g/mol. The smallest absolute Gasteiger partial charge is 0.269 e. The molecule has 0 unspecified atom stereocenters. The Balaban J connectivity index is 1.72. The first-order valence-electron chi connectivity index (χ1n) is 9.90. The van der Waals surface area contributed by atoms with Crippen molar-refractivity contribution in [3.05, 3.63) is 101 Å². The molecule has 0 radical (unpaired) electrons. The van der Waals surface area contributed by atoms with E-state index in [1.807, 2.05) is 30.3 Å². The van der Waals surface area contributed by atoms with Crippen molar-refractivity contribution in [2.24, 2.45) is 0 Å². The number of hydrogen-bond donors (Lipinski definition) is 1. The van der Waals surface area contributed by atoms with Crippen LogP contribution in [0.5, 0.6) is 0 Å². The van der Waals surface area contributed by atoms with Gasteiger partial charge in [-0.3, -0.25) is 14.6 Å². The summed E-state index contributed by atoms with van der Waals surface area (Å²) in [4.78, 5) is 30.6. The first-order valence-corrected chi connectivity index (χ1v) is 9.90. The lowest BCUT2D eigenvalue weighted by Gasteiger charge is -2.29. The largest absolute Gasteiger partial charge is 0.351 e. The van der Waals surface area contributed by atoms with Crippen molar-refractivity contribution in [3.8, 4) is 0 Å². The van der Waals surface area contributed by atoms with Crippen molar-refractivity contribution >= 4 is 11.8 Å². The summed E-state index contributed by atoms with van der Waals surface area (Å²) in [5, 5.41) is 2.81. The Hall–Kier alpha value is -3.61. The Kier molecular flexibility index (Phi) is 7.43. The van der Waals surface area contributed by atoms with Crippen LogP contribution in [-0.4, -0.2) is 41.3 Å². The van der Waals surface area contributed by atoms with Gasteiger partial charge in [-0.1, -0.05) is 36.4 Å². The van der Waals surface area contributed by atoms with Crippen molar-refractivity contribution in [1.82, 2.24) is 15.2 Å². The van der Waals surface area contributed by atoms with E-state index >= 15 is 0 Å². The average Bonchev–Trinajstić information content (AvgIpc) is 2.78. The van der Waals surface area contributed by atoms with Gasteiger partial charge in [0.05, 0.1) is 0 Å². The highest BCUT2D eigenvalue weighted by molar-refractivity contribution is 5.94. The number of nitrogens with one attached hydrogen (secondary N) is 1. The summed E-state index contributed by atoms with van der Waals surface area (Å²) in [5.74, 6) is -2.41. The number of carbonyl (C=O) groups excluding carboxylic acids is 2. The molecule has 7 heteroatoms. The van der Waals surface area contributed by atoms with E-state index in [-0.39, 0.29) is 17.5 Å². The van der Waals surface area contributed by atoms with Gasteiger partial charge < -0.3 is 10.2 Å². The Morgan fingerprint density at radius 3 is 2.32 bits per heavy atom. The summed E-state index contributed by atoms with van der Waals surface area (Å²) < 4.78 is 27.2. The first-order chi connectivity index (χ1) is 14.9. The van der Waals surface area contributed by atoms with Gasteiger partial charge in [0.25, 0.3) is 11.8 Å². The number of nitrogens with zero attached hydrogens (tertiary/aromatic N) is 2. The molecule has 2 amide bonds. The van der Waals surface area contributed by atoms with Gasteiger partial charge in [-0.2, -0.15) is 0 Å². The second kappa shape index (κ2) is 10.4. The molecule has 1 N–H and O–H groups in total. The molecule has 0 spiro atoms. The van der Waals surface area contributed by atoms with Crippen LogP contribution in [0.2, 0.25) is 0 Å². The van der Waals surface area contributed by atoms with E-state index in [9.17, 15) is 18.4 Å². The summed E-state index contributed by atoms with van der Waals surface area (Å²) in [7, 11) is 1.60. The third-order valence-electron chi connectivity index (χ3n) is 4.95. The summed E-state index contributed by atoms with van der Waals surface area (Å²) in [5.41, 5.74) is 1.26. The molecule has 0 fully saturated rings. The quantitative estimate of drug-likeness (QED) is 0.599. The molecule has 1 heterocycles. The van der Waals surface area contributed by atoms with E-state index in [1.54, 1.807) is 25.2 Å². The van der Waals surface area contributed by atoms with Crippen molar-refractivity contribution in [2.75, 3.05) is 13.6 Å². The number of aromatic nitrogens is 1. The maximum Gasteiger partial charge on any atom is 0.269 e. The summed E-state index contributed by atoms with van der Waals surface area (Å²) >= 11 is 0. The molecule has 5 nitrogen and oxygen atoms in total. The molecule has 2 aromatic carbocycles. The lowest BCUT2D eigenvalue weighted by atomic mass is 10.0. The standard InChI is InChI=1S/C24H23F2N3O2/c1-29(24(31)18-14-19(25)16-20(26)15-18)21(13-17-7-3-2-4-8-17)10-12-28-23(30)22-9-5-6-11-27-22/h2-9,11,14-16,21H,10,12-13H2,1H3,(H,28,30)/t21-/m1/s1. The van der Waals surface area contributed by atoms with Crippen molar-refractivity contribution in [3.63, 3.8) is 0 Å². The van der Waals surface area contributed by atoms with Crippen molar-refractivity contribution in [1.29, 1.82) is 0 Å². The van der Waals surface area contributed by atoms with Gasteiger partial charge in [-0.05, 0) is 42.7 Å². The van der Waals surface area contributed by atoms with Crippen LogP contribution in [0.3, 0.4) is 0 Å². The number of likely N-dealkylation sites (N-methyl/N-ethyl adjacent to an activating group) is 1. The van der Waals surface area contributed by atoms with E-state index in [0.29, 0.717) is 25.1 Å². The molecule has 0 aliphatic carbocycles. The van der Waals surface area contributed by atoms with Crippen LogP contribution in [0.15, 0.2) is 72.9 Å². The van der Waals surface area contributed by atoms with Gasteiger partial charge in [0, 0.05) is 37.5 Å². The molecule has 3 aromatic rings. The molecule has 0 bridgehead atoms. The van der Waals surface area contributed by atoms with Crippen LogP contribution in [0.25, 0.3) is 0 Å². The second-order valence-corrected chi connectivity index (χ2v) is 7.18. The summed E-state index contributed by atoms with van der Waals surface area (Å²) in [6.07, 6.45) is 2.52. The minimum absolute atomic E-state index is 0.0596. The zero-order chi connectivity index (χ0) is 22.2. The van der Waals surface area contributed by atoms with Gasteiger partial charge in [-0.25, -0.2) is 8.78 Å². The normalized spacial score (nSPS) is 11.6. The van der Waals surface area contributed by atoms with Crippen LogP contribution in [0, 0.1) is 11.6 Å². The van der Waals surface area contributed by atoms with Gasteiger partial charge in [0.1, 0.15) is 17.3 Å². The monoisotopic (exact) mass is 423 g/mol. The highest BCUT2D eigenvalue weighted by Crippen LogP contribution is 2.16. The van der Waals surface area contributed by atoms with Crippen LogP contribution >= 0.6 is 0 Å².